The molecule has 0 atom stereocenters. The van der Waals surface area contributed by atoms with Gasteiger partial charge in [-0.25, -0.2) is 92.2 Å². The lowest BCUT2D eigenvalue weighted by atomic mass is 9.12. The van der Waals surface area contributed by atoms with Crippen LogP contribution in [0.2, 0.25) is 0 Å². The molecule has 5 aromatic carbocycles. The van der Waals surface area contributed by atoms with E-state index in [1.165, 1.54) is 6.07 Å². The Labute approximate surface area is 311 Å². The predicted molar refractivity (Wildman–Crippen MR) is 159 cm³/mol. The maximum atomic E-state index is 15.4. The van der Waals surface area contributed by atoms with Gasteiger partial charge in [0, 0.05) is 0 Å². The van der Waals surface area contributed by atoms with E-state index in [9.17, 15) is 57.1 Å². The molecular weight excluding hydrogens is 864 g/mol. The molecule has 1 heterocycles. The van der Waals surface area contributed by atoms with Crippen LogP contribution in [0.4, 0.5) is 92.2 Å². The topological polar surface area (TPSA) is 3.88 Å². The molecule has 1 nitrogen and oxygen atoms in total. The molecule has 0 aliphatic heterocycles. The van der Waals surface area contributed by atoms with Crippen LogP contribution < -0.4 is 26.4 Å². The van der Waals surface area contributed by atoms with Crippen LogP contribution in [0.1, 0.15) is 5.56 Å². The molecule has 58 heavy (non-hydrogen) atoms. The standard InChI is InChI=1S/C24BF20.C10H9FNS/c26-5-1(6(27)14(35)21(42)13(5)34)25(2-7(28)15(36)22(43)16(37)8(2)29,3-9(30)17(38)23(44)18(39)10(3)31)4-11(32)19(40)24(45)20(41)12(4)33;11-10-4-2-1-3-9(10)7-12-5-6-13-8-12/h;1-6,8H,7H2/q-1;+1. The van der Waals surface area contributed by atoms with Crippen LogP contribution in [-0.2, 0) is 6.54 Å². The Morgan fingerprint density at radius 1 is 0.362 bits per heavy atom. The SMILES string of the molecule is Fc1c(F)c(F)c([B-](c2c(F)c(F)c(F)c(F)c2F)(c2c(F)c(F)c(F)c(F)c2F)c2c(F)c(F)c(F)c(F)c2F)c(F)c1F.Fc1ccccc1C[n+]1ccsc1. The second-order valence-corrected chi connectivity index (χ2v) is 12.3. The van der Waals surface area contributed by atoms with Crippen molar-refractivity contribution in [2.75, 3.05) is 0 Å². The Morgan fingerprint density at radius 2 is 0.621 bits per heavy atom. The van der Waals surface area contributed by atoms with Gasteiger partial charge in [-0.15, -0.1) is 21.9 Å². The predicted octanol–water partition coefficient (Wildman–Crippen LogP) is 8.07. The maximum absolute atomic E-state index is 15.4. The second kappa shape index (κ2) is 15.9. The summed E-state index contributed by atoms with van der Waals surface area (Å²) in [6.45, 7) is 0.607. The zero-order valence-electron chi connectivity index (χ0n) is 27.1. The number of hydrogen-bond donors (Lipinski definition) is 0. The van der Waals surface area contributed by atoms with Crippen LogP contribution in [0, 0.1) is 122 Å². The fourth-order valence-electron chi connectivity index (χ4n) is 6.05. The van der Waals surface area contributed by atoms with Crippen LogP contribution in [-0.4, -0.2) is 6.15 Å². The van der Waals surface area contributed by atoms with Gasteiger partial charge in [-0.1, -0.05) is 23.5 Å². The molecule has 0 saturated carbocycles. The van der Waals surface area contributed by atoms with Crippen molar-refractivity contribution in [3.05, 3.63) is 169 Å². The van der Waals surface area contributed by atoms with Crippen LogP contribution in [0.15, 0.2) is 41.4 Å². The van der Waals surface area contributed by atoms with Gasteiger partial charge in [0.2, 0.25) is 5.51 Å². The van der Waals surface area contributed by atoms with Gasteiger partial charge in [-0.3, -0.25) is 0 Å². The normalized spacial score (nSPS) is 11.6. The quantitative estimate of drug-likeness (QED) is 0.0525. The highest BCUT2D eigenvalue weighted by Crippen LogP contribution is 2.30. The average Bonchev–Trinajstić information content (AvgIpc) is 3.72. The van der Waals surface area contributed by atoms with E-state index >= 15 is 35.1 Å². The van der Waals surface area contributed by atoms with Gasteiger partial charge in [0.05, 0.1) is 10.9 Å². The lowest BCUT2D eigenvalue weighted by Crippen LogP contribution is -2.81. The smallest absolute Gasteiger partial charge is 0.207 e. The number of nitrogens with zero attached hydrogens (tertiary/aromatic N) is 1. The Hall–Kier alpha value is -5.68. The molecule has 0 aliphatic rings. The van der Waals surface area contributed by atoms with Gasteiger partial charge < -0.3 is 0 Å². The highest BCUT2D eigenvalue weighted by Gasteiger charge is 2.52. The molecule has 6 rings (SSSR count). The van der Waals surface area contributed by atoms with Gasteiger partial charge in [0.15, 0.2) is 82.5 Å². The summed E-state index contributed by atoms with van der Waals surface area (Å²) in [6, 6.07) is 6.85. The van der Waals surface area contributed by atoms with E-state index in [1.807, 2.05) is 27.7 Å². The number of aromatic nitrogens is 1. The first-order valence-corrected chi connectivity index (χ1v) is 15.9. The van der Waals surface area contributed by atoms with Crippen LogP contribution in [0.25, 0.3) is 0 Å². The fourth-order valence-corrected chi connectivity index (χ4v) is 6.65. The molecule has 6 aromatic rings. The van der Waals surface area contributed by atoms with Crippen molar-refractivity contribution in [2.45, 2.75) is 6.54 Å². The first-order chi connectivity index (χ1) is 27.1. The molecule has 306 valence electrons. The third-order valence-corrected chi connectivity index (χ3v) is 9.22. The zero-order chi connectivity index (χ0) is 43.5. The molecule has 0 spiro atoms. The van der Waals surface area contributed by atoms with Crippen molar-refractivity contribution < 1.29 is 96.8 Å². The van der Waals surface area contributed by atoms with E-state index in [0.717, 1.165) is 5.56 Å². The zero-order valence-corrected chi connectivity index (χ0v) is 27.9. The number of thiazole rings is 1. The Kier molecular flexibility index (Phi) is 11.9. The minimum Gasteiger partial charge on any atom is -0.207 e. The van der Waals surface area contributed by atoms with Gasteiger partial charge in [-0.2, -0.15) is 4.57 Å². The molecule has 1 aromatic heterocycles. The summed E-state index contributed by atoms with van der Waals surface area (Å²) in [5.74, 6) is -71.5. The third kappa shape index (κ3) is 6.59. The summed E-state index contributed by atoms with van der Waals surface area (Å²) in [5, 5.41) is 1.97. The second-order valence-electron chi connectivity index (χ2n) is 11.6. The molecular formula is C34H9BF21NS. The fraction of sp³-hybridized carbons (Fsp3) is 0.0294. The van der Waals surface area contributed by atoms with Crippen LogP contribution in [0.3, 0.4) is 0 Å². The molecule has 0 aliphatic carbocycles. The molecule has 0 N–H and O–H groups in total. The monoisotopic (exact) mass is 873 g/mol. The van der Waals surface area contributed by atoms with E-state index in [0.29, 0.717) is 6.54 Å². The summed E-state index contributed by atoms with van der Waals surface area (Å²) >= 11 is 1.61. The number of hydrogen-bond acceptors (Lipinski definition) is 1. The van der Waals surface area contributed by atoms with Crippen LogP contribution in [0.5, 0.6) is 0 Å². The van der Waals surface area contributed by atoms with Gasteiger partial charge in [-0.05, 0) is 12.1 Å². The molecule has 0 saturated heterocycles. The van der Waals surface area contributed by atoms with Crippen molar-refractivity contribution in [3.8, 4) is 0 Å². The summed E-state index contributed by atoms with van der Waals surface area (Å²) in [4.78, 5) is 0. The van der Waals surface area contributed by atoms with Gasteiger partial charge in [0.1, 0.15) is 58.5 Å². The lowest BCUT2D eigenvalue weighted by molar-refractivity contribution is -0.683. The first kappa shape index (κ1) is 43.4. The minimum atomic E-state index is -7.22. The van der Waals surface area contributed by atoms with Crippen molar-refractivity contribution in [1.82, 2.24) is 0 Å². The number of benzene rings is 5. The summed E-state index contributed by atoms with van der Waals surface area (Å²) in [7, 11) is 0. The molecule has 0 fully saturated rings. The van der Waals surface area contributed by atoms with Gasteiger partial charge in [0.25, 0.3) is 0 Å². The summed E-state index contributed by atoms with van der Waals surface area (Å²) in [6.07, 6.45) is -5.28. The lowest BCUT2D eigenvalue weighted by Gasteiger charge is -2.44. The van der Waals surface area contributed by atoms with E-state index < -0.39 is 144 Å². The van der Waals surface area contributed by atoms with Crippen molar-refractivity contribution in [1.29, 1.82) is 0 Å². The van der Waals surface area contributed by atoms with Crippen molar-refractivity contribution in [3.63, 3.8) is 0 Å². The molecule has 0 radical (unpaired) electrons. The largest absolute Gasteiger partial charge is 0.224 e. The van der Waals surface area contributed by atoms with E-state index in [2.05, 4.69) is 0 Å². The van der Waals surface area contributed by atoms with Crippen LogP contribution >= 0.6 is 11.3 Å². The Balaban J connectivity index is 0.000000414. The van der Waals surface area contributed by atoms with Crippen molar-refractivity contribution >= 4 is 39.3 Å². The third-order valence-electron chi connectivity index (χ3n) is 8.54. The maximum Gasteiger partial charge on any atom is 0.224 e. The first-order valence-electron chi connectivity index (χ1n) is 14.9. The molecule has 0 amide bonds. The highest BCUT2D eigenvalue weighted by molar-refractivity contribution is 7.20. The summed E-state index contributed by atoms with van der Waals surface area (Å²) < 4.78 is 309. The minimum absolute atomic E-state index is 0.138. The molecule has 24 heteroatoms. The van der Waals surface area contributed by atoms with E-state index in [-0.39, 0.29) is 5.82 Å². The van der Waals surface area contributed by atoms with Crippen molar-refractivity contribution in [2.24, 2.45) is 0 Å². The Morgan fingerprint density at radius 3 is 0.862 bits per heavy atom. The van der Waals surface area contributed by atoms with E-state index in [1.54, 1.807) is 23.5 Å². The highest BCUT2D eigenvalue weighted by atomic mass is 32.1. The molecule has 0 bridgehead atoms. The number of rotatable bonds is 6. The molecule has 0 unspecified atom stereocenters. The number of halogens is 21. The average molecular weight is 873 g/mol. The summed E-state index contributed by atoms with van der Waals surface area (Å²) in [5.41, 5.74) is -11.6. The van der Waals surface area contributed by atoms with Gasteiger partial charge >= 0.3 is 0 Å². The Bertz CT molecular complexity index is 2230. The van der Waals surface area contributed by atoms with E-state index in [4.69, 9.17) is 0 Å².